The van der Waals surface area contributed by atoms with E-state index < -0.39 is 0 Å². The van der Waals surface area contributed by atoms with Gasteiger partial charge in [-0.15, -0.1) is 0 Å². The maximum Gasteiger partial charge on any atom is 0.241 e. The number of nitrogens with zero attached hydrogens (tertiary/aromatic N) is 6. The van der Waals surface area contributed by atoms with Gasteiger partial charge in [-0.05, 0) is 13.3 Å². The number of nitrogens with one attached hydrogen (secondary N) is 1. The standard InChI is InChI=1S/C13H19N7O/c1-2-15-11-16-12(19-5-3-8-21-9-7-19)18-13(17-11)20-6-4-14-10-20/h4,6,10H,2-3,5,7-9H2,1H3,(H,15,16,17,18). The van der Waals surface area contributed by atoms with Crippen molar-refractivity contribution in [2.45, 2.75) is 13.3 Å². The third-order valence-corrected chi connectivity index (χ3v) is 3.19. The number of hydrogen-bond donors (Lipinski definition) is 1. The van der Waals surface area contributed by atoms with Gasteiger partial charge in [0, 0.05) is 38.6 Å². The molecule has 1 aliphatic rings. The fourth-order valence-corrected chi connectivity index (χ4v) is 2.17. The Bertz CT molecular complexity index is 564. The van der Waals surface area contributed by atoms with E-state index in [2.05, 4.69) is 30.2 Å². The first-order valence-electron chi connectivity index (χ1n) is 7.18. The molecule has 0 bridgehead atoms. The Morgan fingerprint density at radius 1 is 1.19 bits per heavy atom. The van der Waals surface area contributed by atoms with Crippen LogP contribution in [0.5, 0.6) is 0 Å². The van der Waals surface area contributed by atoms with Crippen LogP contribution in [-0.4, -0.2) is 57.4 Å². The fraction of sp³-hybridized carbons (Fsp3) is 0.538. The second kappa shape index (κ2) is 6.49. The Labute approximate surface area is 123 Å². The summed E-state index contributed by atoms with van der Waals surface area (Å²) >= 11 is 0. The summed E-state index contributed by atoms with van der Waals surface area (Å²) in [6.07, 6.45) is 6.18. The van der Waals surface area contributed by atoms with Crippen molar-refractivity contribution in [3.63, 3.8) is 0 Å². The molecule has 112 valence electrons. The topological polar surface area (TPSA) is 81.0 Å². The second-order valence-corrected chi connectivity index (χ2v) is 4.71. The maximum absolute atomic E-state index is 5.48. The highest BCUT2D eigenvalue weighted by Gasteiger charge is 2.16. The van der Waals surface area contributed by atoms with Crippen LogP contribution in [0.3, 0.4) is 0 Å². The zero-order chi connectivity index (χ0) is 14.5. The van der Waals surface area contributed by atoms with Crippen LogP contribution in [0.4, 0.5) is 11.9 Å². The Balaban J connectivity index is 1.94. The minimum absolute atomic E-state index is 0.568. The molecule has 0 aliphatic carbocycles. The van der Waals surface area contributed by atoms with Crippen LogP contribution < -0.4 is 10.2 Å². The van der Waals surface area contributed by atoms with Crippen molar-refractivity contribution >= 4 is 11.9 Å². The summed E-state index contributed by atoms with van der Waals surface area (Å²) in [4.78, 5) is 19.6. The van der Waals surface area contributed by atoms with E-state index in [1.807, 2.05) is 13.1 Å². The number of ether oxygens (including phenoxy) is 1. The molecule has 3 rings (SSSR count). The largest absolute Gasteiger partial charge is 0.380 e. The molecule has 21 heavy (non-hydrogen) atoms. The van der Waals surface area contributed by atoms with E-state index in [4.69, 9.17) is 4.74 Å². The predicted molar refractivity (Wildman–Crippen MR) is 78.8 cm³/mol. The first-order chi connectivity index (χ1) is 10.4. The van der Waals surface area contributed by atoms with Crippen molar-refractivity contribution in [2.75, 3.05) is 43.1 Å². The molecule has 0 unspecified atom stereocenters. The lowest BCUT2D eigenvalue weighted by Crippen LogP contribution is -2.28. The van der Waals surface area contributed by atoms with E-state index in [1.54, 1.807) is 17.1 Å². The summed E-state index contributed by atoms with van der Waals surface area (Å²) in [5.41, 5.74) is 0. The van der Waals surface area contributed by atoms with Crippen LogP contribution in [-0.2, 0) is 4.74 Å². The van der Waals surface area contributed by atoms with E-state index in [0.717, 1.165) is 32.7 Å². The minimum atomic E-state index is 0.568. The van der Waals surface area contributed by atoms with Crippen LogP contribution in [0, 0.1) is 0 Å². The van der Waals surface area contributed by atoms with E-state index in [1.165, 1.54) is 0 Å². The van der Waals surface area contributed by atoms with Gasteiger partial charge in [-0.1, -0.05) is 0 Å². The average Bonchev–Trinajstić information content (AvgIpc) is 2.90. The number of imidazole rings is 1. The normalized spacial score (nSPS) is 15.8. The van der Waals surface area contributed by atoms with E-state index in [0.29, 0.717) is 24.5 Å². The fourth-order valence-electron chi connectivity index (χ4n) is 2.17. The van der Waals surface area contributed by atoms with Crippen LogP contribution in [0.2, 0.25) is 0 Å². The van der Waals surface area contributed by atoms with Crippen LogP contribution in [0.1, 0.15) is 13.3 Å². The molecule has 0 aromatic carbocycles. The average molecular weight is 289 g/mol. The molecule has 0 saturated carbocycles. The lowest BCUT2D eigenvalue weighted by molar-refractivity contribution is 0.152. The van der Waals surface area contributed by atoms with Crippen LogP contribution in [0.25, 0.3) is 5.95 Å². The molecule has 0 spiro atoms. The van der Waals surface area contributed by atoms with Gasteiger partial charge in [-0.25, -0.2) is 4.98 Å². The molecule has 8 heteroatoms. The Morgan fingerprint density at radius 3 is 2.90 bits per heavy atom. The lowest BCUT2D eigenvalue weighted by Gasteiger charge is -2.20. The monoisotopic (exact) mass is 289 g/mol. The second-order valence-electron chi connectivity index (χ2n) is 4.71. The molecular weight excluding hydrogens is 270 g/mol. The van der Waals surface area contributed by atoms with Gasteiger partial charge >= 0.3 is 0 Å². The van der Waals surface area contributed by atoms with Crippen LogP contribution in [0.15, 0.2) is 18.7 Å². The molecule has 2 aromatic rings. The van der Waals surface area contributed by atoms with E-state index >= 15 is 0 Å². The third-order valence-electron chi connectivity index (χ3n) is 3.19. The molecule has 0 amide bonds. The van der Waals surface area contributed by atoms with Gasteiger partial charge in [0.15, 0.2) is 0 Å². The highest BCUT2D eigenvalue weighted by Crippen LogP contribution is 2.15. The lowest BCUT2D eigenvalue weighted by atomic mass is 10.4. The zero-order valence-electron chi connectivity index (χ0n) is 12.1. The smallest absolute Gasteiger partial charge is 0.241 e. The van der Waals surface area contributed by atoms with Gasteiger partial charge in [0.2, 0.25) is 17.8 Å². The SMILES string of the molecule is CCNc1nc(N2CCCOCC2)nc(-n2ccnc2)n1. The molecular formula is C13H19N7O. The zero-order valence-corrected chi connectivity index (χ0v) is 12.1. The predicted octanol–water partition coefficient (Wildman–Crippen LogP) is 0.716. The molecule has 2 aromatic heterocycles. The van der Waals surface area contributed by atoms with Crippen molar-refractivity contribution in [3.8, 4) is 5.95 Å². The molecule has 1 fully saturated rings. The summed E-state index contributed by atoms with van der Waals surface area (Å²) in [7, 11) is 0. The first kappa shape index (κ1) is 13.7. The van der Waals surface area contributed by atoms with Gasteiger partial charge in [0.25, 0.3) is 0 Å². The molecule has 0 radical (unpaired) electrons. The quantitative estimate of drug-likeness (QED) is 0.888. The van der Waals surface area contributed by atoms with Crippen molar-refractivity contribution in [2.24, 2.45) is 0 Å². The summed E-state index contributed by atoms with van der Waals surface area (Å²) in [5.74, 6) is 1.82. The van der Waals surface area contributed by atoms with Gasteiger partial charge in [0.1, 0.15) is 6.33 Å². The van der Waals surface area contributed by atoms with Crippen molar-refractivity contribution < 1.29 is 4.74 Å². The number of anilines is 2. The van der Waals surface area contributed by atoms with Gasteiger partial charge in [-0.2, -0.15) is 15.0 Å². The molecule has 0 atom stereocenters. The third kappa shape index (κ3) is 3.27. The summed E-state index contributed by atoms with van der Waals surface area (Å²) in [6, 6.07) is 0. The molecule has 3 heterocycles. The molecule has 1 aliphatic heterocycles. The minimum Gasteiger partial charge on any atom is -0.380 e. The molecule has 1 N–H and O–H groups in total. The summed E-state index contributed by atoms with van der Waals surface area (Å²) < 4.78 is 7.26. The summed E-state index contributed by atoms with van der Waals surface area (Å²) in [6.45, 7) is 5.94. The van der Waals surface area contributed by atoms with Crippen molar-refractivity contribution in [3.05, 3.63) is 18.7 Å². The van der Waals surface area contributed by atoms with E-state index in [9.17, 15) is 0 Å². The highest BCUT2D eigenvalue weighted by molar-refractivity contribution is 5.40. The van der Waals surface area contributed by atoms with Crippen molar-refractivity contribution in [1.29, 1.82) is 0 Å². The van der Waals surface area contributed by atoms with Crippen LogP contribution >= 0.6 is 0 Å². The van der Waals surface area contributed by atoms with Gasteiger partial charge in [0.05, 0.1) is 6.61 Å². The van der Waals surface area contributed by atoms with E-state index in [-0.39, 0.29) is 0 Å². The van der Waals surface area contributed by atoms with Gasteiger partial charge < -0.3 is 15.0 Å². The van der Waals surface area contributed by atoms with Crippen molar-refractivity contribution in [1.82, 2.24) is 24.5 Å². The number of aromatic nitrogens is 5. The highest BCUT2D eigenvalue weighted by atomic mass is 16.5. The molecule has 1 saturated heterocycles. The Kier molecular flexibility index (Phi) is 4.25. The Hall–Kier alpha value is -2.22. The number of rotatable bonds is 4. The first-order valence-corrected chi connectivity index (χ1v) is 7.18. The maximum atomic E-state index is 5.48. The summed E-state index contributed by atoms with van der Waals surface area (Å²) in [5, 5.41) is 3.15. The molecule has 8 nitrogen and oxygen atoms in total. The number of hydrogen-bond acceptors (Lipinski definition) is 7. The Morgan fingerprint density at radius 2 is 2.10 bits per heavy atom. The van der Waals surface area contributed by atoms with Gasteiger partial charge in [-0.3, -0.25) is 4.57 Å².